The maximum Gasteiger partial charge on any atom is 0.251 e. The number of benzene rings is 1. The number of nitrogens with zero attached hydrogens (tertiary/aromatic N) is 2. The van der Waals surface area contributed by atoms with Crippen molar-refractivity contribution in [1.82, 2.24) is 10.3 Å². The molecule has 0 saturated heterocycles. The topological polar surface area (TPSA) is 77.8 Å². The molecule has 2 rings (SSSR count). The molecule has 1 aromatic carbocycles. The molecule has 2 aromatic rings. The van der Waals surface area contributed by atoms with Crippen molar-refractivity contribution < 1.29 is 4.79 Å². The highest BCUT2D eigenvalue weighted by Crippen LogP contribution is 2.14. The van der Waals surface area contributed by atoms with Crippen LogP contribution >= 0.6 is 11.6 Å². The molecule has 1 amide bonds. The molecule has 5 nitrogen and oxygen atoms in total. The Balaban J connectivity index is 2.04. The molecule has 1 heterocycles. The van der Waals surface area contributed by atoms with Gasteiger partial charge in [-0.05, 0) is 29.8 Å². The van der Waals surface area contributed by atoms with Crippen LogP contribution in [0.1, 0.15) is 21.5 Å². The van der Waals surface area contributed by atoms with E-state index in [0.717, 1.165) is 5.56 Å². The van der Waals surface area contributed by atoms with Gasteiger partial charge in [0.25, 0.3) is 5.91 Å². The molecule has 0 fully saturated rings. The average molecular weight is 301 g/mol. The van der Waals surface area contributed by atoms with Gasteiger partial charge in [-0.1, -0.05) is 23.7 Å². The Kier molecular flexibility index (Phi) is 4.75. The summed E-state index contributed by atoms with van der Waals surface area (Å²) < 4.78 is 0. The van der Waals surface area contributed by atoms with E-state index in [-0.39, 0.29) is 11.1 Å². The van der Waals surface area contributed by atoms with Crippen molar-refractivity contribution in [3.63, 3.8) is 0 Å². The van der Waals surface area contributed by atoms with Gasteiger partial charge in [0.05, 0.1) is 11.6 Å². The number of aromatic nitrogens is 1. The van der Waals surface area contributed by atoms with Gasteiger partial charge in [-0.25, -0.2) is 4.98 Å². The summed E-state index contributed by atoms with van der Waals surface area (Å²) in [5, 5.41) is 14.6. The van der Waals surface area contributed by atoms with Gasteiger partial charge in [0.2, 0.25) is 0 Å². The van der Waals surface area contributed by atoms with Crippen LogP contribution in [0.4, 0.5) is 5.82 Å². The molecule has 0 aliphatic carbocycles. The number of halogens is 1. The summed E-state index contributed by atoms with van der Waals surface area (Å²) in [6.07, 6.45) is 0. The van der Waals surface area contributed by atoms with Crippen LogP contribution < -0.4 is 10.6 Å². The summed E-state index contributed by atoms with van der Waals surface area (Å²) in [4.78, 5) is 16.1. The van der Waals surface area contributed by atoms with Crippen molar-refractivity contribution in [3.8, 4) is 6.07 Å². The number of hydrogen-bond donors (Lipinski definition) is 2. The number of amides is 1. The molecule has 0 saturated carbocycles. The Morgan fingerprint density at radius 2 is 2.05 bits per heavy atom. The van der Waals surface area contributed by atoms with Crippen LogP contribution in [0.5, 0.6) is 0 Å². The quantitative estimate of drug-likeness (QED) is 0.851. The average Bonchev–Trinajstić information content (AvgIpc) is 2.52. The first kappa shape index (κ1) is 14.8. The van der Waals surface area contributed by atoms with E-state index in [1.807, 2.05) is 6.07 Å². The second-order valence-corrected chi connectivity index (χ2v) is 4.69. The maximum atomic E-state index is 12.1. The van der Waals surface area contributed by atoms with E-state index >= 15 is 0 Å². The normalized spacial score (nSPS) is 9.76. The molecular weight excluding hydrogens is 288 g/mol. The van der Waals surface area contributed by atoms with E-state index in [1.165, 1.54) is 6.07 Å². The maximum absolute atomic E-state index is 12.1. The minimum atomic E-state index is -0.236. The van der Waals surface area contributed by atoms with E-state index in [2.05, 4.69) is 15.6 Å². The van der Waals surface area contributed by atoms with Crippen molar-refractivity contribution in [2.75, 3.05) is 12.4 Å². The van der Waals surface area contributed by atoms with Gasteiger partial charge in [-0.15, -0.1) is 0 Å². The van der Waals surface area contributed by atoms with E-state index in [0.29, 0.717) is 23.5 Å². The molecule has 0 bridgehead atoms. The van der Waals surface area contributed by atoms with Crippen molar-refractivity contribution in [2.24, 2.45) is 0 Å². The zero-order valence-electron chi connectivity index (χ0n) is 11.4. The smallest absolute Gasteiger partial charge is 0.251 e. The van der Waals surface area contributed by atoms with E-state index in [9.17, 15) is 4.79 Å². The molecule has 0 radical (unpaired) electrons. The zero-order valence-corrected chi connectivity index (χ0v) is 12.1. The molecule has 0 atom stereocenters. The zero-order chi connectivity index (χ0) is 15.2. The molecule has 2 N–H and O–H groups in total. The van der Waals surface area contributed by atoms with Crippen molar-refractivity contribution in [1.29, 1.82) is 5.26 Å². The first-order valence-electron chi connectivity index (χ1n) is 6.25. The predicted molar refractivity (Wildman–Crippen MR) is 81.1 cm³/mol. The molecule has 6 heteroatoms. The third-order valence-corrected chi connectivity index (χ3v) is 3.04. The highest BCUT2D eigenvalue weighted by atomic mass is 35.5. The third-order valence-electron chi connectivity index (χ3n) is 2.85. The van der Waals surface area contributed by atoms with Crippen LogP contribution in [-0.4, -0.2) is 17.9 Å². The second kappa shape index (κ2) is 6.73. The standard InChI is InChI=1S/C15H13ClN4O/c1-18-14-7-12(6-13(16)20-14)15(21)19-9-11-4-2-10(8-17)3-5-11/h2-7H,9H2,1H3,(H,18,20)(H,19,21). The lowest BCUT2D eigenvalue weighted by Gasteiger charge is -2.07. The lowest BCUT2D eigenvalue weighted by molar-refractivity contribution is 0.0951. The Bertz CT molecular complexity index is 692. The molecule has 0 aliphatic heterocycles. The molecule has 0 spiro atoms. The van der Waals surface area contributed by atoms with Gasteiger partial charge in [-0.2, -0.15) is 5.26 Å². The fraction of sp³-hybridized carbons (Fsp3) is 0.133. The van der Waals surface area contributed by atoms with Gasteiger partial charge < -0.3 is 10.6 Å². The Hall–Kier alpha value is -2.58. The minimum absolute atomic E-state index is 0.236. The molecule has 21 heavy (non-hydrogen) atoms. The van der Waals surface area contributed by atoms with Crippen molar-refractivity contribution in [2.45, 2.75) is 6.54 Å². The molecule has 1 aromatic heterocycles. The van der Waals surface area contributed by atoms with Crippen LogP contribution in [0.15, 0.2) is 36.4 Å². The molecule has 0 aliphatic rings. The fourth-order valence-electron chi connectivity index (χ4n) is 1.74. The van der Waals surface area contributed by atoms with Crippen LogP contribution in [0, 0.1) is 11.3 Å². The summed E-state index contributed by atoms with van der Waals surface area (Å²) in [6, 6.07) is 12.2. The Morgan fingerprint density at radius 3 is 2.67 bits per heavy atom. The SMILES string of the molecule is CNc1cc(C(=O)NCc2ccc(C#N)cc2)cc(Cl)n1. The van der Waals surface area contributed by atoms with Crippen LogP contribution in [0.25, 0.3) is 0 Å². The number of nitrogens with one attached hydrogen (secondary N) is 2. The largest absolute Gasteiger partial charge is 0.373 e. The number of nitriles is 1. The van der Waals surface area contributed by atoms with Crippen molar-refractivity contribution >= 4 is 23.3 Å². The summed E-state index contributed by atoms with van der Waals surface area (Å²) in [6.45, 7) is 0.374. The summed E-state index contributed by atoms with van der Waals surface area (Å²) in [7, 11) is 1.71. The summed E-state index contributed by atoms with van der Waals surface area (Å²) in [5.41, 5.74) is 1.94. The number of carbonyl (C=O) groups is 1. The van der Waals surface area contributed by atoms with E-state index in [1.54, 1.807) is 37.4 Å². The summed E-state index contributed by atoms with van der Waals surface area (Å²) >= 11 is 5.86. The first-order valence-corrected chi connectivity index (χ1v) is 6.63. The van der Waals surface area contributed by atoms with Gasteiger partial charge in [0.1, 0.15) is 11.0 Å². The second-order valence-electron chi connectivity index (χ2n) is 4.31. The van der Waals surface area contributed by atoms with Crippen LogP contribution in [-0.2, 0) is 6.54 Å². The lowest BCUT2D eigenvalue weighted by atomic mass is 10.1. The highest BCUT2D eigenvalue weighted by molar-refractivity contribution is 6.29. The van der Waals surface area contributed by atoms with Gasteiger partial charge in [0.15, 0.2) is 0 Å². The third kappa shape index (κ3) is 3.94. The fourth-order valence-corrected chi connectivity index (χ4v) is 1.95. The Labute approximate surface area is 127 Å². The number of hydrogen-bond acceptors (Lipinski definition) is 4. The van der Waals surface area contributed by atoms with Crippen LogP contribution in [0.3, 0.4) is 0 Å². The Morgan fingerprint density at radius 1 is 1.33 bits per heavy atom. The summed E-state index contributed by atoms with van der Waals surface area (Å²) in [5.74, 6) is 0.297. The molecule has 0 unspecified atom stereocenters. The van der Waals surface area contributed by atoms with Gasteiger partial charge >= 0.3 is 0 Å². The van der Waals surface area contributed by atoms with Crippen molar-refractivity contribution in [3.05, 3.63) is 58.2 Å². The van der Waals surface area contributed by atoms with Gasteiger partial charge in [-0.3, -0.25) is 4.79 Å². The van der Waals surface area contributed by atoms with Gasteiger partial charge in [0, 0.05) is 19.2 Å². The minimum Gasteiger partial charge on any atom is -0.373 e. The van der Waals surface area contributed by atoms with Crippen LogP contribution in [0.2, 0.25) is 5.15 Å². The monoisotopic (exact) mass is 300 g/mol. The predicted octanol–water partition coefficient (Wildman–Crippen LogP) is 2.58. The van der Waals surface area contributed by atoms with E-state index < -0.39 is 0 Å². The molecular formula is C15H13ClN4O. The first-order chi connectivity index (χ1) is 10.1. The number of rotatable bonds is 4. The number of pyridine rings is 1. The molecule has 106 valence electrons. The number of anilines is 1. The highest BCUT2D eigenvalue weighted by Gasteiger charge is 2.08. The van der Waals surface area contributed by atoms with E-state index in [4.69, 9.17) is 16.9 Å². The number of carbonyl (C=O) groups excluding carboxylic acids is 1. The lowest BCUT2D eigenvalue weighted by Crippen LogP contribution is -2.23.